The fourth-order valence-corrected chi connectivity index (χ4v) is 1.40. The maximum atomic E-state index is 9.43. The molecule has 1 aliphatic heterocycles. The summed E-state index contributed by atoms with van der Waals surface area (Å²) in [5, 5.41) is 48.0. The molecule has 0 spiro atoms. The molecular weight excluding hydrogens is 208 g/mol. The minimum absolute atomic E-state index is 0.438. The molecule has 7 N–H and O–H groups in total. The Hall–Kier alpha value is -0.930. The van der Waals surface area contributed by atoms with Crippen LogP contribution in [-0.2, 0) is 4.74 Å². The first kappa shape index (κ1) is 12.1. The van der Waals surface area contributed by atoms with E-state index in [9.17, 15) is 15.3 Å². The minimum Gasteiger partial charge on any atom is -0.409 e. The molecule has 0 aromatic carbocycles. The monoisotopic (exact) mass is 222 g/mol. The lowest BCUT2D eigenvalue weighted by molar-refractivity contribution is -0.212. The molecular formula is C7H14N2O6. The highest BCUT2D eigenvalue weighted by atomic mass is 16.5. The lowest BCUT2D eigenvalue weighted by Gasteiger charge is -2.39. The standard InChI is InChI=1S/C7H14N2O6/c8-7(9-14)6-5(13)4(12)3(11)2(1-10)15-6/h2-6,10-14H,1H2,(H2,8,9)/t2-,3-,4+,5-,6-/m1/s1. The van der Waals surface area contributed by atoms with Gasteiger partial charge in [-0.2, -0.15) is 0 Å². The quantitative estimate of drug-likeness (QED) is 0.123. The maximum absolute atomic E-state index is 9.43. The number of oxime groups is 1. The summed E-state index contributed by atoms with van der Waals surface area (Å²) in [5.74, 6) is -0.438. The van der Waals surface area contributed by atoms with Crippen molar-refractivity contribution in [2.75, 3.05) is 6.61 Å². The van der Waals surface area contributed by atoms with E-state index < -0.39 is 43.0 Å². The average molecular weight is 222 g/mol. The first-order valence-electron chi connectivity index (χ1n) is 4.30. The van der Waals surface area contributed by atoms with Gasteiger partial charge >= 0.3 is 0 Å². The third-order valence-electron chi connectivity index (χ3n) is 2.30. The van der Waals surface area contributed by atoms with Crippen molar-refractivity contribution in [3.63, 3.8) is 0 Å². The zero-order valence-corrected chi connectivity index (χ0v) is 7.76. The third-order valence-corrected chi connectivity index (χ3v) is 2.30. The van der Waals surface area contributed by atoms with Gasteiger partial charge in [0, 0.05) is 0 Å². The van der Waals surface area contributed by atoms with Gasteiger partial charge in [-0.25, -0.2) is 0 Å². The number of amidine groups is 1. The van der Waals surface area contributed by atoms with E-state index in [4.69, 9.17) is 20.8 Å². The second-order valence-corrected chi connectivity index (χ2v) is 3.27. The largest absolute Gasteiger partial charge is 0.409 e. The Balaban J connectivity index is 2.83. The summed E-state index contributed by atoms with van der Waals surface area (Å²) in [6, 6.07) is 0. The van der Waals surface area contributed by atoms with Gasteiger partial charge < -0.3 is 36.1 Å². The van der Waals surface area contributed by atoms with Crippen LogP contribution in [0.3, 0.4) is 0 Å². The molecule has 0 unspecified atom stereocenters. The van der Waals surface area contributed by atoms with Crippen LogP contribution in [-0.4, -0.2) is 68.6 Å². The van der Waals surface area contributed by atoms with Crippen LogP contribution in [0, 0.1) is 0 Å². The Labute approximate surface area is 85.2 Å². The Morgan fingerprint density at radius 2 is 1.80 bits per heavy atom. The summed E-state index contributed by atoms with van der Waals surface area (Å²) in [6.45, 7) is -0.555. The molecule has 1 fully saturated rings. The van der Waals surface area contributed by atoms with Crippen LogP contribution in [0.4, 0.5) is 0 Å². The molecule has 5 atom stereocenters. The maximum Gasteiger partial charge on any atom is 0.171 e. The van der Waals surface area contributed by atoms with Crippen molar-refractivity contribution in [2.45, 2.75) is 30.5 Å². The molecule has 15 heavy (non-hydrogen) atoms. The highest BCUT2D eigenvalue weighted by molar-refractivity contribution is 5.85. The Kier molecular flexibility index (Phi) is 3.83. The zero-order valence-electron chi connectivity index (χ0n) is 7.76. The highest BCUT2D eigenvalue weighted by Gasteiger charge is 2.45. The molecule has 1 heterocycles. The molecule has 0 bridgehead atoms. The summed E-state index contributed by atoms with van der Waals surface area (Å²) >= 11 is 0. The van der Waals surface area contributed by atoms with Gasteiger partial charge in [-0.05, 0) is 0 Å². The van der Waals surface area contributed by atoms with Crippen molar-refractivity contribution >= 4 is 5.84 Å². The van der Waals surface area contributed by atoms with Gasteiger partial charge in [0.1, 0.15) is 30.5 Å². The first-order valence-corrected chi connectivity index (χ1v) is 4.30. The molecule has 8 nitrogen and oxygen atoms in total. The third kappa shape index (κ3) is 2.19. The SMILES string of the molecule is N/C(=N\O)[C@@H]1O[C@H](CO)[C@@H](O)[C@H](O)[C@H]1O. The first-order chi connectivity index (χ1) is 7.02. The van der Waals surface area contributed by atoms with E-state index in [0.29, 0.717) is 0 Å². The molecule has 0 radical (unpaired) electrons. The van der Waals surface area contributed by atoms with E-state index in [0.717, 1.165) is 0 Å². The van der Waals surface area contributed by atoms with Crippen LogP contribution < -0.4 is 5.73 Å². The molecule has 1 rings (SSSR count). The predicted molar refractivity (Wildman–Crippen MR) is 47.2 cm³/mol. The summed E-state index contributed by atoms with van der Waals surface area (Å²) in [5.41, 5.74) is 5.20. The lowest BCUT2D eigenvalue weighted by Crippen LogP contribution is -2.61. The van der Waals surface area contributed by atoms with Crippen molar-refractivity contribution in [1.29, 1.82) is 0 Å². The lowest BCUT2D eigenvalue weighted by atomic mass is 9.95. The molecule has 1 saturated heterocycles. The van der Waals surface area contributed by atoms with E-state index in [2.05, 4.69) is 5.16 Å². The van der Waals surface area contributed by atoms with Gasteiger partial charge in [-0.3, -0.25) is 0 Å². The second-order valence-electron chi connectivity index (χ2n) is 3.27. The highest BCUT2D eigenvalue weighted by Crippen LogP contribution is 2.21. The fourth-order valence-electron chi connectivity index (χ4n) is 1.40. The van der Waals surface area contributed by atoms with Crippen LogP contribution >= 0.6 is 0 Å². The molecule has 88 valence electrons. The molecule has 0 saturated carbocycles. The van der Waals surface area contributed by atoms with Gasteiger partial charge in [-0.15, -0.1) is 0 Å². The van der Waals surface area contributed by atoms with E-state index in [1.807, 2.05) is 0 Å². The van der Waals surface area contributed by atoms with E-state index in [1.54, 1.807) is 0 Å². The number of nitrogens with zero attached hydrogens (tertiary/aromatic N) is 1. The summed E-state index contributed by atoms with van der Waals surface area (Å²) in [7, 11) is 0. The van der Waals surface area contributed by atoms with Crippen molar-refractivity contribution in [3.8, 4) is 0 Å². The van der Waals surface area contributed by atoms with Crippen molar-refractivity contribution in [1.82, 2.24) is 0 Å². The number of aliphatic hydroxyl groups is 4. The van der Waals surface area contributed by atoms with Crippen LogP contribution in [0.5, 0.6) is 0 Å². The number of hydrogen-bond acceptors (Lipinski definition) is 7. The summed E-state index contributed by atoms with van der Waals surface area (Å²) in [4.78, 5) is 0. The number of rotatable bonds is 2. The Morgan fingerprint density at radius 3 is 2.27 bits per heavy atom. The van der Waals surface area contributed by atoms with Crippen molar-refractivity contribution in [2.24, 2.45) is 10.9 Å². The molecule has 0 aromatic rings. The number of nitrogens with two attached hydrogens (primary N) is 1. The Bertz CT molecular complexity index is 246. The van der Waals surface area contributed by atoms with Crippen LogP contribution in [0.25, 0.3) is 0 Å². The van der Waals surface area contributed by atoms with Crippen molar-refractivity contribution in [3.05, 3.63) is 0 Å². The predicted octanol–water partition coefficient (Wildman–Crippen LogP) is -3.42. The van der Waals surface area contributed by atoms with Crippen LogP contribution in [0.1, 0.15) is 0 Å². The van der Waals surface area contributed by atoms with Gasteiger partial charge in [-0.1, -0.05) is 5.16 Å². The van der Waals surface area contributed by atoms with E-state index in [-0.39, 0.29) is 0 Å². The van der Waals surface area contributed by atoms with Gasteiger partial charge in [0.2, 0.25) is 0 Å². The second kappa shape index (κ2) is 4.73. The molecule has 8 heteroatoms. The number of aliphatic hydroxyl groups excluding tert-OH is 4. The molecule has 0 amide bonds. The molecule has 0 aliphatic carbocycles. The average Bonchev–Trinajstić information content (AvgIpc) is 2.25. The van der Waals surface area contributed by atoms with Gasteiger partial charge in [0.25, 0.3) is 0 Å². The zero-order chi connectivity index (χ0) is 11.6. The summed E-state index contributed by atoms with van der Waals surface area (Å²) < 4.78 is 4.96. The van der Waals surface area contributed by atoms with Crippen LogP contribution in [0.2, 0.25) is 0 Å². The van der Waals surface area contributed by atoms with Gasteiger partial charge in [0.05, 0.1) is 6.61 Å². The van der Waals surface area contributed by atoms with Gasteiger partial charge in [0.15, 0.2) is 5.84 Å². The number of hydrogen-bond donors (Lipinski definition) is 6. The molecule has 0 aromatic heterocycles. The Morgan fingerprint density at radius 1 is 1.20 bits per heavy atom. The number of ether oxygens (including phenoxy) is 1. The minimum atomic E-state index is -1.53. The van der Waals surface area contributed by atoms with E-state index >= 15 is 0 Å². The van der Waals surface area contributed by atoms with E-state index in [1.165, 1.54) is 0 Å². The molecule has 1 aliphatic rings. The van der Waals surface area contributed by atoms with Crippen LogP contribution in [0.15, 0.2) is 5.16 Å². The van der Waals surface area contributed by atoms with Crippen molar-refractivity contribution < 1.29 is 30.4 Å². The smallest absolute Gasteiger partial charge is 0.171 e. The topological polar surface area (TPSA) is 149 Å². The normalized spacial score (nSPS) is 42.9. The fraction of sp³-hybridized carbons (Fsp3) is 0.857. The summed E-state index contributed by atoms with van der Waals surface area (Å²) in [6.07, 6.45) is -6.81.